The van der Waals surface area contributed by atoms with Crippen LogP contribution < -0.4 is 11.1 Å². The van der Waals surface area contributed by atoms with E-state index in [0.717, 1.165) is 12.1 Å². The van der Waals surface area contributed by atoms with Gasteiger partial charge in [0.25, 0.3) is 0 Å². The van der Waals surface area contributed by atoms with Crippen molar-refractivity contribution >= 4 is 17.4 Å². The zero-order valence-corrected chi connectivity index (χ0v) is 13.1. The lowest BCUT2D eigenvalue weighted by atomic mass is 9.93. The monoisotopic (exact) mass is 328 g/mol. The number of alkyl halides is 3. The first-order valence-electron chi connectivity index (χ1n) is 6.88. The summed E-state index contributed by atoms with van der Waals surface area (Å²) in [5, 5.41) is 2.47. The van der Waals surface area contributed by atoms with Gasteiger partial charge in [0.1, 0.15) is 0 Å². The molecule has 0 radical (unpaired) electrons. The molecule has 0 aliphatic heterocycles. The molecule has 126 valence electrons. The molecule has 3 N–H and O–H groups in total. The SMILES string of the molecule is C/C(=C\C(=O)NCC(C)(C)C(N)=O)c1ccccc1C(F)(F)F. The van der Waals surface area contributed by atoms with E-state index in [9.17, 15) is 22.8 Å². The van der Waals surface area contributed by atoms with Gasteiger partial charge in [-0.15, -0.1) is 0 Å². The molecule has 7 heteroatoms. The summed E-state index contributed by atoms with van der Waals surface area (Å²) in [5.41, 5.74) is 3.54. The molecular weight excluding hydrogens is 309 g/mol. The number of benzene rings is 1. The number of hydrogen-bond donors (Lipinski definition) is 2. The fraction of sp³-hybridized carbons (Fsp3) is 0.375. The Hall–Kier alpha value is -2.31. The van der Waals surface area contributed by atoms with Crippen molar-refractivity contribution in [3.63, 3.8) is 0 Å². The summed E-state index contributed by atoms with van der Waals surface area (Å²) in [6.45, 7) is 4.53. The van der Waals surface area contributed by atoms with Crippen LogP contribution in [0.2, 0.25) is 0 Å². The number of primary amides is 1. The zero-order valence-electron chi connectivity index (χ0n) is 13.1. The smallest absolute Gasteiger partial charge is 0.369 e. The average molecular weight is 328 g/mol. The maximum absolute atomic E-state index is 13.0. The number of nitrogens with two attached hydrogens (primary N) is 1. The van der Waals surface area contributed by atoms with Gasteiger partial charge in [0.2, 0.25) is 11.8 Å². The minimum atomic E-state index is -4.50. The van der Waals surface area contributed by atoms with Gasteiger partial charge in [-0.05, 0) is 38.0 Å². The number of carbonyl (C=O) groups is 2. The minimum absolute atomic E-state index is 0.00807. The Morgan fingerprint density at radius 2 is 1.78 bits per heavy atom. The van der Waals surface area contributed by atoms with Crippen molar-refractivity contribution in [2.45, 2.75) is 26.9 Å². The second kappa shape index (κ2) is 6.85. The molecule has 0 aliphatic rings. The third kappa shape index (κ3) is 5.12. The Morgan fingerprint density at radius 3 is 2.30 bits per heavy atom. The van der Waals surface area contributed by atoms with E-state index in [1.165, 1.54) is 25.1 Å². The summed E-state index contributed by atoms with van der Waals surface area (Å²) >= 11 is 0. The van der Waals surface area contributed by atoms with Gasteiger partial charge in [-0.1, -0.05) is 18.2 Å². The van der Waals surface area contributed by atoms with Crippen molar-refractivity contribution in [2.75, 3.05) is 6.54 Å². The molecular formula is C16H19F3N2O2. The van der Waals surface area contributed by atoms with E-state index < -0.39 is 29.0 Å². The molecule has 1 rings (SSSR count). The highest BCUT2D eigenvalue weighted by Crippen LogP contribution is 2.34. The average Bonchev–Trinajstić information content (AvgIpc) is 2.44. The Morgan fingerprint density at radius 1 is 1.22 bits per heavy atom. The third-order valence-electron chi connectivity index (χ3n) is 3.38. The second-order valence-electron chi connectivity index (χ2n) is 5.84. The van der Waals surface area contributed by atoms with Crippen LogP contribution in [0.15, 0.2) is 30.3 Å². The summed E-state index contributed by atoms with van der Waals surface area (Å²) in [6.07, 6.45) is -3.43. The molecule has 0 atom stereocenters. The summed E-state index contributed by atoms with van der Waals surface area (Å²) in [6, 6.07) is 5.02. The third-order valence-corrected chi connectivity index (χ3v) is 3.38. The van der Waals surface area contributed by atoms with Crippen molar-refractivity contribution in [3.05, 3.63) is 41.5 Å². The van der Waals surface area contributed by atoms with Gasteiger partial charge >= 0.3 is 6.18 Å². The number of carbonyl (C=O) groups excluding carboxylic acids is 2. The van der Waals surface area contributed by atoms with E-state index in [2.05, 4.69) is 5.32 Å². The first-order valence-corrected chi connectivity index (χ1v) is 6.88. The molecule has 1 aromatic carbocycles. The first-order chi connectivity index (χ1) is 10.4. The normalized spacial score (nSPS) is 12.9. The molecule has 0 spiro atoms. The largest absolute Gasteiger partial charge is 0.416 e. The molecule has 2 amide bonds. The molecule has 0 fully saturated rings. The van der Waals surface area contributed by atoms with Crippen molar-refractivity contribution in [3.8, 4) is 0 Å². The van der Waals surface area contributed by atoms with Crippen LogP contribution in [0.5, 0.6) is 0 Å². The van der Waals surface area contributed by atoms with E-state index in [4.69, 9.17) is 5.73 Å². The van der Waals surface area contributed by atoms with Crippen LogP contribution in [0.3, 0.4) is 0 Å². The molecule has 23 heavy (non-hydrogen) atoms. The Balaban J connectivity index is 2.94. The molecule has 0 aromatic heterocycles. The molecule has 0 heterocycles. The van der Waals surface area contributed by atoms with E-state index in [1.54, 1.807) is 13.8 Å². The van der Waals surface area contributed by atoms with Gasteiger partial charge in [0.15, 0.2) is 0 Å². The second-order valence-corrected chi connectivity index (χ2v) is 5.84. The van der Waals surface area contributed by atoms with E-state index in [0.29, 0.717) is 0 Å². The highest BCUT2D eigenvalue weighted by molar-refractivity contribution is 5.95. The Bertz CT molecular complexity index is 634. The predicted molar refractivity (Wildman–Crippen MR) is 81.1 cm³/mol. The van der Waals surface area contributed by atoms with Crippen molar-refractivity contribution in [1.29, 1.82) is 0 Å². The van der Waals surface area contributed by atoms with Crippen LogP contribution >= 0.6 is 0 Å². The first kappa shape index (κ1) is 18.7. The maximum Gasteiger partial charge on any atom is 0.416 e. The summed E-state index contributed by atoms with van der Waals surface area (Å²) in [4.78, 5) is 23.0. The standard InChI is InChI=1S/C16H19F3N2O2/c1-10(8-13(22)21-9-15(2,3)14(20)23)11-6-4-5-7-12(11)16(17,18)19/h4-8H,9H2,1-3H3,(H2,20,23)(H,21,22)/b10-8+. The highest BCUT2D eigenvalue weighted by Gasteiger charge is 2.33. The van der Waals surface area contributed by atoms with Crippen LogP contribution in [-0.4, -0.2) is 18.4 Å². The lowest BCUT2D eigenvalue weighted by Gasteiger charge is -2.20. The van der Waals surface area contributed by atoms with E-state index in [-0.39, 0.29) is 17.7 Å². The number of allylic oxidation sites excluding steroid dienone is 1. The number of amides is 2. The number of rotatable bonds is 5. The number of hydrogen-bond acceptors (Lipinski definition) is 2. The van der Waals surface area contributed by atoms with Gasteiger partial charge in [0, 0.05) is 12.6 Å². The fourth-order valence-corrected chi connectivity index (χ4v) is 1.79. The van der Waals surface area contributed by atoms with Gasteiger partial charge < -0.3 is 11.1 Å². The maximum atomic E-state index is 13.0. The van der Waals surface area contributed by atoms with Crippen LogP contribution in [0.4, 0.5) is 13.2 Å². The van der Waals surface area contributed by atoms with Gasteiger partial charge in [-0.2, -0.15) is 13.2 Å². The number of nitrogens with one attached hydrogen (secondary N) is 1. The van der Waals surface area contributed by atoms with Crippen LogP contribution in [0.25, 0.3) is 5.57 Å². The molecule has 0 bridgehead atoms. The van der Waals surface area contributed by atoms with Crippen LogP contribution in [0.1, 0.15) is 31.9 Å². The summed E-state index contributed by atoms with van der Waals surface area (Å²) in [5.74, 6) is -1.17. The fourth-order valence-electron chi connectivity index (χ4n) is 1.79. The van der Waals surface area contributed by atoms with Crippen molar-refractivity contribution in [2.24, 2.45) is 11.1 Å². The quantitative estimate of drug-likeness (QED) is 0.816. The highest BCUT2D eigenvalue weighted by atomic mass is 19.4. The molecule has 4 nitrogen and oxygen atoms in total. The topological polar surface area (TPSA) is 72.2 Å². The van der Waals surface area contributed by atoms with Gasteiger partial charge in [-0.3, -0.25) is 9.59 Å². The Kier molecular flexibility index (Phi) is 5.58. The number of halogens is 3. The van der Waals surface area contributed by atoms with Crippen LogP contribution in [-0.2, 0) is 15.8 Å². The zero-order chi connectivity index (χ0) is 17.8. The van der Waals surface area contributed by atoms with E-state index >= 15 is 0 Å². The molecule has 0 saturated heterocycles. The summed E-state index contributed by atoms with van der Waals surface area (Å²) < 4.78 is 38.9. The molecule has 0 aliphatic carbocycles. The van der Waals surface area contributed by atoms with Gasteiger partial charge in [0.05, 0.1) is 11.0 Å². The van der Waals surface area contributed by atoms with Crippen molar-refractivity contribution in [1.82, 2.24) is 5.32 Å². The molecule has 1 aromatic rings. The Labute approximate surface area is 132 Å². The van der Waals surface area contributed by atoms with Gasteiger partial charge in [-0.25, -0.2) is 0 Å². The molecule has 0 unspecified atom stereocenters. The van der Waals surface area contributed by atoms with Crippen molar-refractivity contribution < 1.29 is 22.8 Å². The summed E-state index contributed by atoms with van der Waals surface area (Å²) in [7, 11) is 0. The lowest BCUT2D eigenvalue weighted by molar-refractivity contribution is -0.137. The van der Waals surface area contributed by atoms with Crippen LogP contribution in [0, 0.1) is 5.41 Å². The van der Waals surface area contributed by atoms with E-state index in [1.807, 2.05) is 0 Å². The predicted octanol–water partition coefficient (Wildman–Crippen LogP) is 2.74. The lowest BCUT2D eigenvalue weighted by Crippen LogP contribution is -2.42. The minimum Gasteiger partial charge on any atom is -0.369 e. The molecule has 0 saturated carbocycles.